The molecular weight excluding hydrogens is 157 g/mol. The third-order valence-corrected chi connectivity index (χ3v) is 1.90. The molecule has 0 bridgehead atoms. The molecule has 3 heteroatoms. The SMILES string of the molecule is Cl.ClCC[C@H]1CCNC1. The summed E-state index contributed by atoms with van der Waals surface area (Å²) in [6.45, 7) is 2.38. The lowest BCUT2D eigenvalue weighted by atomic mass is 10.1. The lowest BCUT2D eigenvalue weighted by molar-refractivity contribution is 0.566. The van der Waals surface area contributed by atoms with Crippen molar-refractivity contribution < 1.29 is 0 Å². The van der Waals surface area contributed by atoms with Crippen molar-refractivity contribution >= 4 is 24.0 Å². The van der Waals surface area contributed by atoms with Gasteiger partial charge in [0.2, 0.25) is 0 Å². The second-order valence-corrected chi connectivity index (χ2v) is 2.71. The molecule has 1 aliphatic rings. The summed E-state index contributed by atoms with van der Waals surface area (Å²) in [6.07, 6.45) is 2.52. The molecule has 1 fully saturated rings. The standard InChI is InChI=1S/C6H12ClN.ClH/c7-3-1-6-2-4-8-5-6;/h6,8H,1-5H2;1H/t6-;/m0./s1. The van der Waals surface area contributed by atoms with E-state index in [2.05, 4.69) is 5.32 Å². The zero-order chi connectivity index (χ0) is 5.82. The first kappa shape index (κ1) is 9.54. The largest absolute Gasteiger partial charge is 0.316 e. The minimum Gasteiger partial charge on any atom is -0.316 e. The third kappa shape index (κ3) is 3.29. The van der Waals surface area contributed by atoms with E-state index in [0.717, 1.165) is 11.8 Å². The summed E-state index contributed by atoms with van der Waals surface area (Å²) >= 11 is 5.55. The monoisotopic (exact) mass is 169 g/mol. The van der Waals surface area contributed by atoms with Gasteiger partial charge in [0, 0.05) is 5.88 Å². The Morgan fingerprint density at radius 1 is 1.56 bits per heavy atom. The number of alkyl halides is 1. The van der Waals surface area contributed by atoms with Gasteiger partial charge in [-0.3, -0.25) is 0 Å². The second kappa shape index (κ2) is 5.33. The van der Waals surface area contributed by atoms with Crippen LogP contribution in [0.4, 0.5) is 0 Å². The van der Waals surface area contributed by atoms with E-state index in [4.69, 9.17) is 11.6 Å². The fraction of sp³-hybridized carbons (Fsp3) is 1.00. The Kier molecular flexibility index (Phi) is 5.65. The molecule has 0 aromatic heterocycles. The molecule has 1 N–H and O–H groups in total. The maximum atomic E-state index is 5.55. The van der Waals surface area contributed by atoms with Crippen molar-refractivity contribution in [2.24, 2.45) is 5.92 Å². The summed E-state index contributed by atoms with van der Waals surface area (Å²) in [5.41, 5.74) is 0. The molecule has 1 aliphatic heterocycles. The smallest absolute Gasteiger partial charge is 0.0226 e. The summed E-state index contributed by atoms with van der Waals surface area (Å²) in [5.74, 6) is 1.69. The Morgan fingerprint density at radius 3 is 2.78 bits per heavy atom. The van der Waals surface area contributed by atoms with E-state index in [1.165, 1.54) is 25.9 Å². The van der Waals surface area contributed by atoms with Gasteiger partial charge in [0.25, 0.3) is 0 Å². The van der Waals surface area contributed by atoms with Gasteiger partial charge in [-0.15, -0.1) is 24.0 Å². The third-order valence-electron chi connectivity index (χ3n) is 1.68. The fourth-order valence-corrected chi connectivity index (χ4v) is 1.42. The van der Waals surface area contributed by atoms with Crippen molar-refractivity contribution in [2.75, 3.05) is 19.0 Å². The maximum Gasteiger partial charge on any atom is 0.0226 e. The van der Waals surface area contributed by atoms with Gasteiger partial charge in [0.05, 0.1) is 0 Å². The van der Waals surface area contributed by atoms with Crippen LogP contribution in [-0.2, 0) is 0 Å². The molecule has 9 heavy (non-hydrogen) atoms. The van der Waals surface area contributed by atoms with E-state index in [9.17, 15) is 0 Å². The van der Waals surface area contributed by atoms with Gasteiger partial charge in [-0.05, 0) is 31.8 Å². The number of hydrogen-bond acceptors (Lipinski definition) is 1. The van der Waals surface area contributed by atoms with Gasteiger partial charge in [0.1, 0.15) is 0 Å². The van der Waals surface area contributed by atoms with Crippen molar-refractivity contribution in [2.45, 2.75) is 12.8 Å². The summed E-state index contributed by atoms with van der Waals surface area (Å²) in [5, 5.41) is 3.30. The molecule has 0 aromatic carbocycles. The molecule has 1 heterocycles. The van der Waals surface area contributed by atoms with E-state index in [-0.39, 0.29) is 12.4 Å². The molecule has 0 aromatic rings. The number of nitrogens with one attached hydrogen (secondary N) is 1. The topological polar surface area (TPSA) is 12.0 Å². The molecule has 1 saturated heterocycles. The highest BCUT2D eigenvalue weighted by Crippen LogP contribution is 2.11. The summed E-state index contributed by atoms with van der Waals surface area (Å²) in [6, 6.07) is 0. The minimum absolute atomic E-state index is 0. The molecule has 0 radical (unpaired) electrons. The van der Waals surface area contributed by atoms with E-state index in [1.54, 1.807) is 0 Å². The van der Waals surface area contributed by atoms with Crippen LogP contribution in [0.3, 0.4) is 0 Å². The van der Waals surface area contributed by atoms with Gasteiger partial charge < -0.3 is 5.32 Å². The molecule has 0 unspecified atom stereocenters. The van der Waals surface area contributed by atoms with Crippen molar-refractivity contribution in [1.29, 1.82) is 0 Å². The first-order valence-electron chi connectivity index (χ1n) is 3.20. The van der Waals surface area contributed by atoms with Crippen molar-refractivity contribution in [3.8, 4) is 0 Å². The van der Waals surface area contributed by atoms with Gasteiger partial charge in [-0.2, -0.15) is 0 Å². The summed E-state index contributed by atoms with van der Waals surface area (Å²) in [7, 11) is 0. The molecule has 0 saturated carbocycles. The van der Waals surface area contributed by atoms with Gasteiger partial charge in [-0.25, -0.2) is 0 Å². The van der Waals surface area contributed by atoms with Crippen LogP contribution >= 0.6 is 24.0 Å². The lowest BCUT2D eigenvalue weighted by Crippen LogP contribution is -2.08. The van der Waals surface area contributed by atoms with E-state index in [0.29, 0.717) is 0 Å². The fourth-order valence-electron chi connectivity index (χ4n) is 1.12. The predicted octanol–water partition coefficient (Wildman–Crippen LogP) is 1.65. The molecule has 0 amide bonds. The van der Waals surface area contributed by atoms with Crippen molar-refractivity contribution in [1.82, 2.24) is 5.32 Å². The first-order chi connectivity index (χ1) is 3.93. The highest BCUT2D eigenvalue weighted by molar-refractivity contribution is 6.17. The average Bonchev–Trinajstić information content (AvgIpc) is 2.19. The molecule has 0 spiro atoms. The van der Waals surface area contributed by atoms with Gasteiger partial charge in [0.15, 0.2) is 0 Å². The van der Waals surface area contributed by atoms with Crippen LogP contribution in [0.2, 0.25) is 0 Å². The van der Waals surface area contributed by atoms with Gasteiger partial charge in [-0.1, -0.05) is 0 Å². The quantitative estimate of drug-likeness (QED) is 0.621. The van der Waals surface area contributed by atoms with E-state index < -0.39 is 0 Å². The molecular formula is C6H13Cl2N. The average molecular weight is 170 g/mol. The maximum absolute atomic E-state index is 5.55. The van der Waals surface area contributed by atoms with Crippen LogP contribution < -0.4 is 5.32 Å². The zero-order valence-electron chi connectivity index (χ0n) is 5.40. The summed E-state index contributed by atoms with van der Waals surface area (Å²) < 4.78 is 0. The number of rotatable bonds is 2. The lowest BCUT2D eigenvalue weighted by Gasteiger charge is -2.01. The Labute approximate surface area is 67.6 Å². The molecule has 56 valence electrons. The summed E-state index contributed by atoms with van der Waals surface area (Å²) in [4.78, 5) is 0. The highest BCUT2D eigenvalue weighted by Gasteiger charge is 2.12. The molecule has 1 atom stereocenters. The zero-order valence-corrected chi connectivity index (χ0v) is 6.97. The van der Waals surface area contributed by atoms with Crippen molar-refractivity contribution in [3.63, 3.8) is 0 Å². The Bertz CT molecular complexity index is 62.1. The second-order valence-electron chi connectivity index (χ2n) is 2.34. The van der Waals surface area contributed by atoms with Crippen LogP contribution in [0.15, 0.2) is 0 Å². The molecule has 0 aliphatic carbocycles. The van der Waals surface area contributed by atoms with Crippen LogP contribution in [0.1, 0.15) is 12.8 Å². The van der Waals surface area contributed by atoms with E-state index in [1.807, 2.05) is 0 Å². The van der Waals surface area contributed by atoms with E-state index >= 15 is 0 Å². The Balaban J connectivity index is 0.000000640. The Morgan fingerprint density at radius 2 is 2.33 bits per heavy atom. The highest BCUT2D eigenvalue weighted by atomic mass is 35.5. The Hall–Kier alpha value is 0.540. The van der Waals surface area contributed by atoms with Crippen molar-refractivity contribution in [3.05, 3.63) is 0 Å². The predicted molar refractivity (Wildman–Crippen MR) is 43.6 cm³/mol. The van der Waals surface area contributed by atoms with Crippen LogP contribution in [-0.4, -0.2) is 19.0 Å². The van der Waals surface area contributed by atoms with Crippen LogP contribution in [0.25, 0.3) is 0 Å². The van der Waals surface area contributed by atoms with Gasteiger partial charge >= 0.3 is 0 Å². The number of halogens is 2. The number of hydrogen-bond donors (Lipinski definition) is 1. The first-order valence-corrected chi connectivity index (χ1v) is 3.73. The minimum atomic E-state index is 0. The van der Waals surface area contributed by atoms with Crippen LogP contribution in [0.5, 0.6) is 0 Å². The normalized spacial score (nSPS) is 25.7. The molecule has 1 nitrogen and oxygen atoms in total. The van der Waals surface area contributed by atoms with Crippen LogP contribution in [0, 0.1) is 5.92 Å². The molecule has 1 rings (SSSR count).